The number of aryl methyl sites for hydroxylation is 1. The third-order valence-corrected chi connectivity index (χ3v) is 2.59. The molecule has 1 heterocycles. The van der Waals surface area contributed by atoms with Crippen LogP contribution in [-0.2, 0) is 11.3 Å². The van der Waals surface area contributed by atoms with Gasteiger partial charge in [0.2, 0.25) is 0 Å². The van der Waals surface area contributed by atoms with E-state index < -0.39 is 0 Å². The molecule has 3 nitrogen and oxygen atoms in total. The van der Waals surface area contributed by atoms with Gasteiger partial charge in [-0.2, -0.15) is 0 Å². The summed E-state index contributed by atoms with van der Waals surface area (Å²) >= 11 is 0. The lowest BCUT2D eigenvalue weighted by molar-refractivity contribution is -0.117. The Balaban J connectivity index is 2.81. The molecule has 3 heteroatoms. The number of benzene rings is 1. The number of pyridine rings is 1. The van der Waals surface area contributed by atoms with Crippen LogP contribution in [0.1, 0.15) is 12.5 Å². The van der Waals surface area contributed by atoms with Crippen LogP contribution < -0.4 is 5.43 Å². The van der Waals surface area contributed by atoms with Crippen molar-refractivity contribution >= 4 is 16.7 Å². The van der Waals surface area contributed by atoms with Crippen molar-refractivity contribution in [2.45, 2.75) is 20.4 Å². The van der Waals surface area contributed by atoms with Crippen molar-refractivity contribution in [3.63, 3.8) is 0 Å². The van der Waals surface area contributed by atoms with Crippen LogP contribution >= 0.6 is 0 Å². The molecule has 0 aliphatic carbocycles. The van der Waals surface area contributed by atoms with Gasteiger partial charge in [0, 0.05) is 17.6 Å². The van der Waals surface area contributed by atoms with Gasteiger partial charge in [-0.05, 0) is 25.5 Å². The van der Waals surface area contributed by atoms with E-state index >= 15 is 0 Å². The Morgan fingerprint density at radius 3 is 2.75 bits per heavy atom. The van der Waals surface area contributed by atoms with E-state index in [9.17, 15) is 9.59 Å². The fourth-order valence-electron chi connectivity index (χ4n) is 1.93. The summed E-state index contributed by atoms with van der Waals surface area (Å²) in [6.45, 7) is 3.79. The molecule has 16 heavy (non-hydrogen) atoms. The predicted octanol–water partition coefficient (Wildman–Crippen LogP) is 1.90. The molecule has 0 bridgehead atoms. The molecule has 0 aliphatic rings. The van der Waals surface area contributed by atoms with Gasteiger partial charge in [-0.25, -0.2) is 0 Å². The second kappa shape index (κ2) is 3.93. The summed E-state index contributed by atoms with van der Waals surface area (Å²) in [5.41, 5.74) is 1.86. The van der Waals surface area contributed by atoms with Gasteiger partial charge in [0.25, 0.3) is 0 Å². The van der Waals surface area contributed by atoms with Crippen molar-refractivity contribution in [2.75, 3.05) is 0 Å². The highest BCUT2D eigenvalue weighted by Crippen LogP contribution is 2.14. The van der Waals surface area contributed by atoms with Crippen molar-refractivity contribution < 1.29 is 4.79 Å². The average Bonchev–Trinajstić information content (AvgIpc) is 2.22. The Hall–Kier alpha value is -1.90. The minimum absolute atomic E-state index is 0.00139. The number of fused-ring (bicyclic) bond motifs is 1. The molecule has 0 N–H and O–H groups in total. The smallest absolute Gasteiger partial charge is 0.189 e. The quantitative estimate of drug-likeness (QED) is 0.767. The molecule has 0 spiro atoms. The number of carbonyl (C=O) groups excluding carboxylic acids is 1. The van der Waals surface area contributed by atoms with Crippen molar-refractivity contribution in [3.05, 3.63) is 46.2 Å². The van der Waals surface area contributed by atoms with Gasteiger partial charge in [0.05, 0.1) is 12.1 Å². The number of ketones is 1. The third-order valence-electron chi connectivity index (χ3n) is 2.59. The Morgan fingerprint density at radius 2 is 2.06 bits per heavy atom. The van der Waals surface area contributed by atoms with Gasteiger partial charge in [-0.15, -0.1) is 0 Å². The zero-order valence-electron chi connectivity index (χ0n) is 9.36. The summed E-state index contributed by atoms with van der Waals surface area (Å²) in [6.07, 6.45) is 1.68. The lowest BCUT2D eigenvalue weighted by atomic mass is 10.1. The first-order valence-electron chi connectivity index (χ1n) is 5.18. The zero-order valence-corrected chi connectivity index (χ0v) is 9.36. The number of hydrogen-bond acceptors (Lipinski definition) is 2. The fraction of sp³-hybridized carbons (Fsp3) is 0.231. The van der Waals surface area contributed by atoms with E-state index in [1.165, 1.54) is 6.07 Å². The zero-order chi connectivity index (χ0) is 11.7. The van der Waals surface area contributed by atoms with Crippen LogP contribution in [0.15, 0.2) is 35.3 Å². The average molecular weight is 215 g/mol. The Kier molecular flexibility index (Phi) is 2.60. The normalized spacial score (nSPS) is 10.6. The molecule has 82 valence electrons. The highest BCUT2D eigenvalue weighted by atomic mass is 16.1. The van der Waals surface area contributed by atoms with Crippen LogP contribution in [0.4, 0.5) is 0 Å². The van der Waals surface area contributed by atoms with Crippen LogP contribution in [-0.4, -0.2) is 10.4 Å². The summed E-state index contributed by atoms with van der Waals surface area (Å²) in [7, 11) is 0. The van der Waals surface area contributed by atoms with E-state index in [4.69, 9.17) is 0 Å². The number of aromatic nitrogens is 1. The second-order valence-corrected chi connectivity index (χ2v) is 3.98. The van der Waals surface area contributed by atoms with Gasteiger partial charge in [-0.3, -0.25) is 9.59 Å². The molecule has 0 amide bonds. The van der Waals surface area contributed by atoms with Crippen molar-refractivity contribution in [2.24, 2.45) is 0 Å². The summed E-state index contributed by atoms with van der Waals surface area (Å²) in [6, 6.07) is 7.10. The van der Waals surface area contributed by atoms with E-state index in [0.717, 1.165) is 11.1 Å². The lowest BCUT2D eigenvalue weighted by Crippen LogP contribution is -2.12. The maximum Gasteiger partial charge on any atom is 0.189 e. The molecule has 2 rings (SSSR count). The number of nitrogens with zero attached hydrogens (tertiary/aromatic N) is 1. The highest BCUT2D eigenvalue weighted by molar-refractivity contribution is 5.84. The largest absolute Gasteiger partial charge is 0.340 e. The molecule has 0 fully saturated rings. The van der Waals surface area contributed by atoms with E-state index in [0.29, 0.717) is 11.9 Å². The Bertz CT molecular complexity index is 611. The number of hydrogen-bond donors (Lipinski definition) is 0. The summed E-state index contributed by atoms with van der Waals surface area (Å²) in [4.78, 5) is 22.8. The van der Waals surface area contributed by atoms with Crippen LogP contribution in [0.2, 0.25) is 0 Å². The first kappa shape index (κ1) is 10.6. The number of para-hydroxylation sites is 1. The van der Waals surface area contributed by atoms with Crippen LogP contribution in [0.25, 0.3) is 10.9 Å². The van der Waals surface area contributed by atoms with Gasteiger partial charge in [0.1, 0.15) is 5.78 Å². The Labute approximate surface area is 93.3 Å². The fourth-order valence-corrected chi connectivity index (χ4v) is 1.93. The first-order chi connectivity index (χ1) is 7.59. The topological polar surface area (TPSA) is 39.1 Å². The molecule has 0 unspecified atom stereocenters. The van der Waals surface area contributed by atoms with Crippen LogP contribution in [0.5, 0.6) is 0 Å². The SMILES string of the molecule is CC(=O)Cn1ccc(=O)c2cccc(C)c21. The lowest BCUT2D eigenvalue weighted by Gasteiger charge is -2.10. The summed E-state index contributed by atoms with van der Waals surface area (Å²) in [5.74, 6) is 0.0770. The summed E-state index contributed by atoms with van der Waals surface area (Å²) < 4.78 is 1.83. The van der Waals surface area contributed by atoms with E-state index in [1.807, 2.05) is 23.6 Å². The van der Waals surface area contributed by atoms with Gasteiger partial charge < -0.3 is 4.57 Å². The minimum Gasteiger partial charge on any atom is -0.340 e. The van der Waals surface area contributed by atoms with Crippen LogP contribution in [0, 0.1) is 6.92 Å². The summed E-state index contributed by atoms with van der Waals surface area (Å²) in [5, 5.41) is 0.670. The van der Waals surface area contributed by atoms with E-state index in [1.54, 1.807) is 19.2 Å². The van der Waals surface area contributed by atoms with Crippen LogP contribution in [0.3, 0.4) is 0 Å². The molecule has 0 saturated carbocycles. The Morgan fingerprint density at radius 1 is 1.31 bits per heavy atom. The van der Waals surface area contributed by atoms with Gasteiger partial charge in [0.15, 0.2) is 5.43 Å². The van der Waals surface area contributed by atoms with E-state index in [2.05, 4.69) is 0 Å². The molecule has 0 atom stereocenters. The minimum atomic E-state index is -0.00139. The molecule has 2 aromatic rings. The number of carbonyl (C=O) groups is 1. The second-order valence-electron chi connectivity index (χ2n) is 3.98. The van der Waals surface area contributed by atoms with E-state index in [-0.39, 0.29) is 11.2 Å². The first-order valence-corrected chi connectivity index (χ1v) is 5.18. The monoisotopic (exact) mass is 215 g/mol. The molecular formula is C13H13NO2. The molecule has 1 aromatic carbocycles. The third kappa shape index (κ3) is 1.76. The number of rotatable bonds is 2. The molecular weight excluding hydrogens is 202 g/mol. The molecule has 0 saturated heterocycles. The predicted molar refractivity (Wildman–Crippen MR) is 63.6 cm³/mol. The van der Waals surface area contributed by atoms with Crippen molar-refractivity contribution in [3.8, 4) is 0 Å². The van der Waals surface area contributed by atoms with Gasteiger partial charge >= 0.3 is 0 Å². The highest BCUT2D eigenvalue weighted by Gasteiger charge is 2.06. The molecule has 0 radical (unpaired) electrons. The molecule has 1 aromatic heterocycles. The molecule has 0 aliphatic heterocycles. The maximum absolute atomic E-state index is 11.7. The standard InChI is InChI=1S/C13H13NO2/c1-9-4-3-5-11-12(16)6-7-14(13(9)11)8-10(2)15/h3-7H,8H2,1-2H3. The van der Waals surface area contributed by atoms with Crippen molar-refractivity contribution in [1.29, 1.82) is 0 Å². The van der Waals surface area contributed by atoms with Gasteiger partial charge in [-0.1, -0.05) is 12.1 Å². The maximum atomic E-state index is 11.7. The number of Topliss-reactive ketones (excluding diaryl/α,β-unsaturated/α-hetero) is 1. The van der Waals surface area contributed by atoms with Crippen molar-refractivity contribution in [1.82, 2.24) is 4.57 Å².